The van der Waals surface area contributed by atoms with Crippen LogP contribution in [0.4, 0.5) is 5.69 Å². The first-order chi connectivity index (χ1) is 14.1. The highest BCUT2D eigenvalue weighted by Gasteiger charge is 2.38. The second-order valence-corrected chi connectivity index (χ2v) is 9.17. The maximum atomic E-state index is 13.1. The van der Waals surface area contributed by atoms with E-state index in [0.717, 1.165) is 43.8 Å². The van der Waals surface area contributed by atoms with E-state index in [1.807, 2.05) is 11.0 Å². The number of fused-ring (bicyclic) bond motifs is 3. The molecule has 3 heteroatoms. The van der Waals surface area contributed by atoms with Gasteiger partial charge in [-0.05, 0) is 67.3 Å². The van der Waals surface area contributed by atoms with Gasteiger partial charge in [-0.2, -0.15) is 0 Å². The second-order valence-electron chi connectivity index (χ2n) is 9.17. The maximum Gasteiger partial charge on any atom is 0.253 e. The Morgan fingerprint density at radius 2 is 1.93 bits per heavy atom. The molecule has 3 atom stereocenters. The molecule has 0 bridgehead atoms. The van der Waals surface area contributed by atoms with Gasteiger partial charge in [0.05, 0.1) is 6.04 Å². The van der Waals surface area contributed by atoms with Crippen LogP contribution in [0.25, 0.3) is 0 Å². The molecule has 0 saturated carbocycles. The van der Waals surface area contributed by atoms with Crippen LogP contribution in [0.1, 0.15) is 65.2 Å². The Morgan fingerprint density at radius 1 is 1.10 bits per heavy atom. The number of aryl methyl sites for hydroxylation is 1. The number of benzene rings is 2. The monoisotopic (exact) mass is 386 g/mol. The van der Waals surface area contributed by atoms with Crippen molar-refractivity contribution >= 4 is 11.6 Å². The number of likely N-dealkylation sites (tertiary alicyclic amines) is 1. The van der Waals surface area contributed by atoms with E-state index in [1.165, 1.54) is 22.4 Å². The van der Waals surface area contributed by atoms with Crippen LogP contribution in [0.15, 0.2) is 54.6 Å². The lowest BCUT2D eigenvalue weighted by molar-refractivity contribution is 0.0697. The summed E-state index contributed by atoms with van der Waals surface area (Å²) in [5, 5.41) is 3.80. The van der Waals surface area contributed by atoms with Crippen LogP contribution >= 0.6 is 0 Å². The minimum Gasteiger partial charge on any atom is -0.378 e. The van der Waals surface area contributed by atoms with Gasteiger partial charge in [-0.1, -0.05) is 48.9 Å². The number of amides is 1. The van der Waals surface area contributed by atoms with Gasteiger partial charge < -0.3 is 10.2 Å². The Balaban J connectivity index is 1.45. The first-order valence-corrected chi connectivity index (χ1v) is 11.0. The first kappa shape index (κ1) is 18.5. The van der Waals surface area contributed by atoms with Crippen LogP contribution in [-0.2, 0) is 0 Å². The minimum atomic E-state index is 0.194. The van der Waals surface area contributed by atoms with Crippen molar-refractivity contribution in [2.24, 2.45) is 11.8 Å². The Bertz CT molecular complexity index is 955. The molecular weight excluding hydrogens is 356 g/mol. The molecule has 1 aliphatic carbocycles. The normalized spacial score (nSPS) is 26.0. The highest BCUT2D eigenvalue weighted by Crippen LogP contribution is 2.50. The Hall–Kier alpha value is -2.55. The van der Waals surface area contributed by atoms with E-state index in [9.17, 15) is 4.79 Å². The molecule has 3 unspecified atom stereocenters. The van der Waals surface area contributed by atoms with Crippen molar-refractivity contribution < 1.29 is 4.79 Å². The number of nitrogens with zero attached hydrogens (tertiary/aromatic N) is 1. The van der Waals surface area contributed by atoms with Crippen molar-refractivity contribution in [3.63, 3.8) is 0 Å². The van der Waals surface area contributed by atoms with Crippen molar-refractivity contribution in [3.05, 3.63) is 76.9 Å². The van der Waals surface area contributed by atoms with Crippen molar-refractivity contribution in [1.29, 1.82) is 0 Å². The minimum absolute atomic E-state index is 0.194. The third kappa shape index (κ3) is 3.37. The molecule has 150 valence electrons. The molecule has 29 heavy (non-hydrogen) atoms. The van der Waals surface area contributed by atoms with Gasteiger partial charge in [0.1, 0.15) is 0 Å². The summed E-state index contributed by atoms with van der Waals surface area (Å²) in [5.74, 6) is 1.81. The molecule has 1 amide bonds. The number of nitrogens with one attached hydrogen (secondary N) is 1. The number of hydrogen-bond donors (Lipinski definition) is 1. The molecule has 1 saturated heterocycles. The Kier molecular flexibility index (Phi) is 4.69. The smallest absolute Gasteiger partial charge is 0.253 e. The summed E-state index contributed by atoms with van der Waals surface area (Å²) in [6, 6.07) is 15.5. The molecular formula is C26H30N2O. The summed E-state index contributed by atoms with van der Waals surface area (Å²) in [6.07, 6.45) is 7.98. The highest BCUT2D eigenvalue weighted by molar-refractivity contribution is 5.95. The molecule has 5 rings (SSSR count). The summed E-state index contributed by atoms with van der Waals surface area (Å²) >= 11 is 0. The third-order valence-corrected chi connectivity index (χ3v) is 7.08. The van der Waals surface area contributed by atoms with Crippen LogP contribution in [0, 0.1) is 18.8 Å². The topological polar surface area (TPSA) is 32.3 Å². The van der Waals surface area contributed by atoms with E-state index >= 15 is 0 Å². The van der Waals surface area contributed by atoms with E-state index in [-0.39, 0.29) is 5.91 Å². The fourth-order valence-electron chi connectivity index (χ4n) is 5.32. The number of hydrogen-bond acceptors (Lipinski definition) is 2. The average molecular weight is 387 g/mol. The number of anilines is 1. The summed E-state index contributed by atoms with van der Waals surface area (Å²) in [4.78, 5) is 15.1. The SMILES string of the molecule is Cc1cccc(C2Nc3ccc(C(=O)N4CCC(C)CC4)cc3C3C=CCC32)c1. The Morgan fingerprint density at radius 3 is 2.72 bits per heavy atom. The lowest BCUT2D eigenvalue weighted by Gasteiger charge is -2.38. The van der Waals surface area contributed by atoms with E-state index in [0.29, 0.717) is 17.9 Å². The zero-order valence-corrected chi connectivity index (χ0v) is 17.4. The van der Waals surface area contributed by atoms with Gasteiger partial charge in [0.25, 0.3) is 5.91 Å². The summed E-state index contributed by atoms with van der Waals surface area (Å²) in [7, 11) is 0. The molecule has 3 nitrogen and oxygen atoms in total. The van der Waals surface area contributed by atoms with Gasteiger partial charge in [-0.3, -0.25) is 4.79 Å². The molecule has 2 aliphatic heterocycles. The molecule has 1 fully saturated rings. The molecule has 2 heterocycles. The van der Waals surface area contributed by atoms with Crippen LogP contribution in [0.5, 0.6) is 0 Å². The quantitative estimate of drug-likeness (QED) is 0.672. The highest BCUT2D eigenvalue weighted by atomic mass is 16.2. The molecule has 3 aliphatic rings. The maximum absolute atomic E-state index is 13.1. The van der Waals surface area contributed by atoms with Crippen molar-refractivity contribution in [1.82, 2.24) is 4.90 Å². The number of rotatable bonds is 2. The molecule has 2 aromatic carbocycles. The fraction of sp³-hybridized carbons (Fsp3) is 0.423. The van der Waals surface area contributed by atoms with Gasteiger partial charge in [0, 0.05) is 30.3 Å². The fourth-order valence-corrected chi connectivity index (χ4v) is 5.32. The van der Waals surface area contributed by atoms with E-state index < -0.39 is 0 Å². The Labute approximate surface area is 173 Å². The molecule has 1 N–H and O–H groups in total. The van der Waals surface area contributed by atoms with Crippen molar-refractivity contribution in [3.8, 4) is 0 Å². The van der Waals surface area contributed by atoms with E-state index in [1.54, 1.807) is 0 Å². The summed E-state index contributed by atoms with van der Waals surface area (Å²) in [5.41, 5.74) is 5.96. The van der Waals surface area contributed by atoms with Gasteiger partial charge in [-0.25, -0.2) is 0 Å². The van der Waals surface area contributed by atoms with Crippen LogP contribution in [0.3, 0.4) is 0 Å². The average Bonchev–Trinajstić information content (AvgIpc) is 3.23. The standard InChI is InChI=1S/C26H30N2O/c1-17-11-13-28(14-12-17)26(29)20-9-10-24-23(16-20)21-7-4-8-22(21)25(27-24)19-6-3-5-18(2)15-19/h3-7,9-10,15-17,21-22,25,27H,8,11-14H2,1-2H3. The largest absolute Gasteiger partial charge is 0.378 e. The second kappa shape index (κ2) is 7.37. The van der Waals surface area contributed by atoms with Gasteiger partial charge in [0.15, 0.2) is 0 Å². The molecule has 0 aromatic heterocycles. The van der Waals surface area contributed by atoms with Gasteiger partial charge in [-0.15, -0.1) is 0 Å². The summed E-state index contributed by atoms with van der Waals surface area (Å²) < 4.78 is 0. The van der Waals surface area contributed by atoms with Gasteiger partial charge >= 0.3 is 0 Å². The number of carbonyl (C=O) groups is 1. The zero-order valence-electron chi connectivity index (χ0n) is 17.4. The van der Waals surface area contributed by atoms with Gasteiger partial charge in [0.2, 0.25) is 0 Å². The van der Waals surface area contributed by atoms with Crippen LogP contribution < -0.4 is 5.32 Å². The molecule has 0 spiro atoms. The predicted octanol–water partition coefficient (Wildman–Crippen LogP) is 5.69. The lowest BCUT2D eigenvalue weighted by Crippen LogP contribution is -2.38. The predicted molar refractivity (Wildman–Crippen MR) is 118 cm³/mol. The number of piperidine rings is 1. The van der Waals surface area contributed by atoms with E-state index in [2.05, 4.69) is 67.7 Å². The molecule has 0 radical (unpaired) electrons. The van der Waals surface area contributed by atoms with Crippen molar-refractivity contribution in [2.45, 2.75) is 45.1 Å². The molecule has 2 aromatic rings. The number of allylic oxidation sites excluding steroid dienone is 2. The van der Waals surface area contributed by atoms with Crippen LogP contribution in [0.2, 0.25) is 0 Å². The van der Waals surface area contributed by atoms with Crippen LogP contribution in [-0.4, -0.2) is 23.9 Å². The lowest BCUT2D eigenvalue weighted by atomic mass is 9.76. The number of carbonyl (C=O) groups excluding carboxylic acids is 1. The first-order valence-electron chi connectivity index (χ1n) is 11.0. The van der Waals surface area contributed by atoms with Crippen molar-refractivity contribution in [2.75, 3.05) is 18.4 Å². The summed E-state index contributed by atoms with van der Waals surface area (Å²) in [6.45, 7) is 6.21. The zero-order chi connectivity index (χ0) is 20.0. The third-order valence-electron chi connectivity index (χ3n) is 7.08. The van der Waals surface area contributed by atoms with E-state index in [4.69, 9.17) is 0 Å².